The fourth-order valence-electron chi connectivity index (χ4n) is 3.03. The van der Waals surface area contributed by atoms with Gasteiger partial charge in [0.15, 0.2) is 17.1 Å². The van der Waals surface area contributed by atoms with Crippen LogP contribution >= 0.6 is 0 Å². The lowest BCUT2D eigenvalue weighted by Gasteiger charge is -2.03. The lowest BCUT2D eigenvalue weighted by atomic mass is 10.2. The van der Waals surface area contributed by atoms with Gasteiger partial charge in [-0.1, -0.05) is 24.3 Å². The Kier molecular flexibility index (Phi) is 3.08. The molecule has 5 rings (SSSR count). The van der Waals surface area contributed by atoms with Crippen LogP contribution in [0.15, 0.2) is 61.1 Å². The third-order valence-corrected chi connectivity index (χ3v) is 4.27. The van der Waals surface area contributed by atoms with Crippen LogP contribution in [0.4, 0.5) is 4.39 Å². The SMILES string of the molecule is Cc1cccc(-n2ncc3c2ncn2nc(-c4ccccc4F)nc32)c1. The van der Waals surface area contributed by atoms with Crippen molar-refractivity contribution in [2.75, 3.05) is 0 Å². The molecule has 0 saturated heterocycles. The summed E-state index contributed by atoms with van der Waals surface area (Å²) in [5.41, 5.74) is 3.68. The van der Waals surface area contributed by atoms with Gasteiger partial charge in [-0.3, -0.25) is 0 Å². The summed E-state index contributed by atoms with van der Waals surface area (Å²) < 4.78 is 17.4. The Hall–Kier alpha value is -3.61. The van der Waals surface area contributed by atoms with Crippen molar-refractivity contribution in [3.63, 3.8) is 0 Å². The molecule has 0 fully saturated rings. The molecule has 0 aliphatic carbocycles. The van der Waals surface area contributed by atoms with E-state index in [2.05, 4.69) is 20.2 Å². The van der Waals surface area contributed by atoms with Gasteiger partial charge >= 0.3 is 0 Å². The van der Waals surface area contributed by atoms with Crippen molar-refractivity contribution < 1.29 is 4.39 Å². The molecule has 0 spiro atoms. The molecule has 26 heavy (non-hydrogen) atoms. The van der Waals surface area contributed by atoms with E-state index in [9.17, 15) is 4.39 Å². The van der Waals surface area contributed by atoms with Crippen molar-refractivity contribution in [2.24, 2.45) is 0 Å². The number of nitrogens with zero attached hydrogens (tertiary/aromatic N) is 6. The molecule has 0 amide bonds. The Morgan fingerprint density at radius 1 is 1.00 bits per heavy atom. The molecule has 0 aliphatic heterocycles. The number of benzene rings is 2. The van der Waals surface area contributed by atoms with Crippen LogP contribution in [0.2, 0.25) is 0 Å². The Bertz CT molecular complexity index is 1270. The van der Waals surface area contributed by atoms with E-state index in [1.54, 1.807) is 39.9 Å². The highest BCUT2D eigenvalue weighted by Crippen LogP contribution is 2.24. The molecule has 0 N–H and O–H groups in total. The molecule has 0 aliphatic rings. The molecule has 0 unspecified atom stereocenters. The van der Waals surface area contributed by atoms with Crippen LogP contribution in [0.5, 0.6) is 0 Å². The normalized spacial score (nSPS) is 11.5. The van der Waals surface area contributed by atoms with E-state index in [0.29, 0.717) is 22.7 Å². The molecule has 126 valence electrons. The molecule has 0 atom stereocenters. The van der Waals surface area contributed by atoms with Gasteiger partial charge < -0.3 is 0 Å². The van der Waals surface area contributed by atoms with Crippen LogP contribution in [0.1, 0.15) is 5.56 Å². The van der Waals surface area contributed by atoms with Gasteiger partial charge in [0.2, 0.25) is 0 Å². The molecule has 7 heteroatoms. The molecule has 0 saturated carbocycles. The van der Waals surface area contributed by atoms with Gasteiger partial charge in [-0.25, -0.2) is 23.6 Å². The van der Waals surface area contributed by atoms with Crippen LogP contribution in [-0.4, -0.2) is 29.4 Å². The minimum atomic E-state index is -0.358. The van der Waals surface area contributed by atoms with E-state index < -0.39 is 0 Å². The monoisotopic (exact) mass is 344 g/mol. The number of hydrogen-bond donors (Lipinski definition) is 0. The average Bonchev–Trinajstić information content (AvgIpc) is 3.25. The van der Waals surface area contributed by atoms with Crippen LogP contribution in [0.3, 0.4) is 0 Å². The van der Waals surface area contributed by atoms with Crippen LogP contribution in [-0.2, 0) is 0 Å². The van der Waals surface area contributed by atoms with Crippen LogP contribution in [0.25, 0.3) is 33.8 Å². The fourth-order valence-corrected chi connectivity index (χ4v) is 3.03. The number of fused-ring (bicyclic) bond motifs is 3. The Morgan fingerprint density at radius 3 is 2.73 bits per heavy atom. The van der Waals surface area contributed by atoms with Crippen molar-refractivity contribution in [1.29, 1.82) is 0 Å². The highest BCUT2D eigenvalue weighted by molar-refractivity contribution is 5.90. The first-order valence-electron chi connectivity index (χ1n) is 8.12. The highest BCUT2D eigenvalue weighted by atomic mass is 19.1. The first-order chi connectivity index (χ1) is 12.7. The minimum Gasteiger partial charge on any atom is -0.216 e. The largest absolute Gasteiger partial charge is 0.216 e. The Morgan fingerprint density at radius 2 is 1.88 bits per heavy atom. The third kappa shape index (κ3) is 2.17. The van der Waals surface area contributed by atoms with E-state index in [4.69, 9.17) is 0 Å². The van der Waals surface area contributed by atoms with Crippen molar-refractivity contribution in [1.82, 2.24) is 29.4 Å². The number of halogens is 1. The maximum atomic E-state index is 14.1. The zero-order valence-electron chi connectivity index (χ0n) is 13.8. The van der Waals surface area contributed by atoms with Gasteiger partial charge in [0.1, 0.15) is 12.1 Å². The summed E-state index contributed by atoms with van der Waals surface area (Å²) in [5.74, 6) is -0.0382. The van der Waals surface area contributed by atoms with E-state index in [0.717, 1.165) is 16.6 Å². The second-order valence-corrected chi connectivity index (χ2v) is 6.06. The first-order valence-corrected chi connectivity index (χ1v) is 8.12. The van der Waals surface area contributed by atoms with E-state index in [-0.39, 0.29) is 5.82 Å². The maximum absolute atomic E-state index is 14.1. The van der Waals surface area contributed by atoms with Crippen LogP contribution < -0.4 is 0 Å². The summed E-state index contributed by atoms with van der Waals surface area (Å²) >= 11 is 0. The number of aromatic nitrogens is 6. The van der Waals surface area contributed by atoms with E-state index in [1.165, 1.54) is 6.07 Å². The predicted molar refractivity (Wildman–Crippen MR) is 95.5 cm³/mol. The van der Waals surface area contributed by atoms with Crippen molar-refractivity contribution in [3.05, 3.63) is 72.4 Å². The third-order valence-electron chi connectivity index (χ3n) is 4.27. The maximum Gasteiger partial charge on any atom is 0.185 e. The molecular weight excluding hydrogens is 331 g/mol. The molecule has 6 nitrogen and oxygen atoms in total. The molecule has 5 aromatic rings. The zero-order chi connectivity index (χ0) is 17.7. The van der Waals surface area contributed by atoms with Crippen molar-refractivity contribution in [3.8, 4) is 17.1 Å². The van der Waals surface area contributed by atoms with E-state index >= 15 is 0 Å². The predicted octanol–water partition coefficient (Wildman–Crippen LogP) is 3.58. The topological polar surface area (TPSA) is 60.9 Å². The molecule has 2 aromatic carbocycles. The van der Waals surface area contributed by atoms with Gasteiger partial charge in [0.25, 0.3) is 0 Å². The summed E-state index contributed by atoms with van der Waals surface area (Å²) in [6.07, 6.45) is 3.28. The highest BCUT2D eigenvalue weighted by Gasteiger charge is 2.16. The van der Waals surface area contributed by atoms with Crippen LogP contribution in [0, 0.1) is 12.7 Å². The van der Waals surface area contributed by atoms with Crippen molar-refractivity contribution >= 4 is 16.7 Å². The number of rotatable bonds is 2. The van der Waals surface area contributed by atoms with E-state index in [1.807, 2.05) is 31.2 Å². The lowest BCUT2D eigenvalue weighted by molar-refractivity contribution is 0.630. The summed E-state index contributed by atoms with van der Waals surface area (Å²) in [4.78, 5) is 8.99. The standard InChI is InChI=1S/C19H13FN6/c1-12-5-4-6-13(9-12)26-18-15(10-22-26)19-23-17(24-25(19)11-21-18)14-7-2-3-8-16(14)20/h2-11H,1H3. The first kappa shape index (κ1) is 14.7. The molecular formula is C19H13FN6. The summed E-state index contributed by atoms with van der Waals surface area (Å²) in [6, 6.07) is 14.5. The van der Waals surface area contributed by atoms with Gasteiger partial charge in [0.05, 0.1) is 22.8 Å². The minimum absolute atomic E-state index is 0.320. The molecule has 3 aromatic heterocycles. The summed E-state index contributed by atoms with van der Waals surface area (Å²) in [7, 11) is 0. The summed E-state index contributed by atoms with van der Waals surface area (Å²) in [5, 5.41) is 9.57. The Labute approximate surface area is 147 Å². The summed E-state index contributed by atoms with van der Waals surface area (Å²) in [6.45, 7) is 2.03. The quantitative estimate of drug-likeness (QED) is 0.491. The molecule has 3 heterocycles. The Balaban J connectivity index is 1.73. The molecule has 0 bridgehead atoms. The second kappa shape index (κ2) is 5.45. The van der Waals surface area contributed by atoms with Crippen molar-refractivity contribution in [2.45, 2.75) is 6.92 Å². The lowest BCUT2D eigenvalue weighted by Crippen LogP contribution is -1.99. The molecule has 0 radical (unpaired) electrons. The van der Waals surface area contributed by atoms with Gasteiger partial charge in [0, 0.05) is 0 Å². The van der Waals surface area contributed by atoms with Gasteiger partial charge in [-0.05, 0) is 36.8 Å². The number of hydrogen-bond acceptors (Lipinski definition) is 4. The fraction of sp³-hybridized carbons (Fsp3) is 0.0526. The second-order valence-electron chi connectivity index (χ2n) is 6.06. The number of aryl methyl sites for hydroxylation is 1. The smallest absolute Gasteiger partial charge is 0.185 e. The van der Waals surface area contributed by atoms with Gasteiger partial charge in [-0.15, -0.1) is 5.10 Å². The zero-order valence-corrected chi connectivity index (χ0v) is 13.8. The average molecular weight is 344 g/mol. The van der Waals surface area contributed by atoms with Gasteiger partial charge in [-0.2, -0.15) is 5.10 Å².